The summed E-state index contributed by atoms with van der Waals surface area (Å²) in [4.78, 5) is 26.8. The molecule has 1 saturated heterocycles. The Balaban J connectivity index is 1.79. The summed E-state index contributed by atoms with van der Waals surface area (Å²) in [5.41, 5.74) is -0.522. The van der Waals surface area contributed by atoms with E-state index >= 15 is 0 Å². The maximum absolute atomic E-state index is 14.5. The molecule has 4 rings (SSSR count). The van der Waals surface area contributed by atoms with Crippen LogP contribution in [0, 0.1) is 28.8 Å². The molecule has 1 aliphatic heterocycles. The standard InChI is InChI=1S/C30H32F3NO4Si/c1-19-17-34(28(35)29(36)38-19)27(20-15-24(31)26(33)25(32)16-20)23(30(2,3)4)18-37-39(21-11-7-5-8-12-21)22-13-9-6-10-14-22/h5-16,19,23,27,39H,17-18H2,1-4H3/t19-,23-,27-/m0/s1. The number of hydrogen-bond donors (Lipinski definition) is 0. The van der Waals surface area contributed by atoms with Gasteiger partial charge in [-0.05, 0) is 40.4 Å². The summed E-state index contributed by atoms with van der Waals surface area (Å²) < 4.78 is 54.7. The van der Waals surface area contributed by atoms with Crippen molar-refractivity contribution in [1.82, 2.24) is 4.90 Å². The molecule has 0 unspecified atom stereocenters. The molecule has 39 heavy (non-hydrogen) atoms. The zero-order valence-electron chi connectivity index (χ0n) is 22.4. The first-order valence-electron chi connectivity index (χ1n) is 12.8. The third-order valence-corrected chi connectivity index (χ3v) is 9.53. The summed E-state index contributed by atoms with van der Waals surface area (Å²) in [6.07, 6.45) is -0.634. The van der Waals surface area contributed by atoms with Crippen molar-refractivity contribution < 1.29 is 31.9 Å². The van der Waals surface area contributed by atoms with E-state index in [1.165, 1.54) is 4.90 Å². The predicted octanol–water partition coefficient (Wildman–Crippen LogP) is 4.14. The smallest absolute Gasteiger partial charge is 0.397 e. The van der Waals surface area contributed by atoms with Crippen molar-refractivity contribution in [2.75, 3.05) is 13.2 Å². The minimum absolute atomic E-state index is 0.0145. The van der Waals surface area contributed by atoms with Crippen LogP contribution >= 0.6 is 0 Å². The largest absolute Gasteiger partial charge is 0.454 e. The van der Waals surface area contributed by atoms with E-state index in [0.717, 1.165) is 22.5 Å². The average Bonchev–Trinajstić information content (AvgIpc) is 2.89. The van der Waals surface area contributed by atoms with Crippen molar-refractivity contribution in [2.45, 2.75) is 39.8 Å². The molecule has 1 fully saturated rings. The number of nitrogens with zero attached hydrogens (tertiary/aromatic N) is 1. The molecule has 206 valence electrons. The van der Waals surface area contributed by atoms with Crippen molar-refractivity contribution in [3.63, 3.8) is 0 Å². The van der Waals surface area contributed by atoms with Crippen molar-refractivity contribution in [2.24, 2.45) is 11.3 Å². The molecule has 5 nitrogen and oxygen atoms in total. The van der Waals surface area contributed by atoms with Gasteiger partial charge in [0.2, 0.25) is 9.04 Å². The van der Waals surface area contributed by atoms with Gasteiger partial charge in [-0.3, -0.25) is 4.79 Å². The lowest BCUT2D eigenvalue weighted by Crippen LogP contribution is -2.54. The second-order valence-electron chi connectivity index (χ2n) is 10.9. The van der Waals surface area contributed by atoms with E-state index in [2.05, 4.69) is 0 Å². The van der Waals surface area contributed by atoms with Crippen LogP contribution in [0.2, 0.25) is 0 Å². The van der Waals surface area contributed by atoms with Crippen LogP contribution in [0.25, 0.3) is 0 Å². The van der Waals surface area contributed by atoms with Gasteiger partial charge in [0.25, 0.3) is 0 Å². The third kappa shape index (κ3) is 6.42. The SMILES string of the molecule is C[C@H]1CN([C@@H](c2cc(F)c(F)c(F)c2)[C@H](CO[SiH](c2ccccc2)c2ccccc2)C(C)(C)C)C(=O)C(=O)O1. The van der Waals surface area contributed by atoms with Crippen LogP contribution in [0.5, 0.6) is 0 Å². The predicted molar refractivity (Wildman–Crippen MR) is 145 cm³/mol. The molecule has 0 saturated carbocycles. The molecule has 0 aromatic heterocycles. The van der Waals surface area contributed by atoms with Crippen molar-refractivity contribution >= 4 is 31.3 Å². The highest BCUT2D eigenvalue weighted by molar-refractivity contribution is 6.80. The summed E-state index contributed by atoms with van der Waals surface area (Å²) in [6, 6.07) is 20.4. The van der Waals surface area contributed by atoms with Gasteiger partial charge in [-0.1, -0.05) is 81.4 Å². The molecule has 1 heterocycles. The fraction of sp³-hybridized carbons (Fsp3) is 0.333. The second kappa shape index (κ2) is 11.8. The highest BCUT2D eigenvalue weighted by Gasteiger charge is 2.45. The van der Waals surface area contributed by atoms with Crippen LogP contribution in [-0.2, 0) is 18.8 Å². The monoisotopic (exact) mass is 555 g/mol. The van der Waals surface area contributed by atoms with E-state index < -0.39 is 61.8 Å². The number of rotatable bonds is 8. The minimum atomic E-state index is -2.23. The third-order valence-electron chi connectivity index (χ3n) is 7.02. The molecular formula is C30H32F3NO4Si. The number of benzene rings is 3. The number of hydrogen-bond acceptors (Lipinski definition) is 4. The number of cyclic esters (lactones) is 1. The number of morpholine rings is 1. The van der Waals surface area contributed by atoms with Gasteiger partial charge in [0.1, 0.15) is 6.10 Å². The van der Waals surface area contributed by atoms with E-state index in [0.29, 0.717) is 0 Å². The maximum atomic E-state index is 14.5. The highest BCUT2D eigenvalue weighted by atomic mass is 28.3. The molecule has 0 spiro atoms. The maximum Gasteiger partial charge on any atom is 0.397 e. The number of carbonyl (C=O) groups is 2. The summed E-state index contributed by atoms with van der Waals surface area (Å²) in [5, 5.41) is 2.08. The number of ether oxygens (including phenoxy) is 1. The Kier molecular flexibility index (Phi) is 8.61. The van der Waals surface area contributed by atoms with Crippen molar-refractivity contribution in [3.8, 4) is 0 Å². The van der Waals surface area contributed by atoms with Crippen LogP contribution in [0.4, 0.5) is 13.2 Å². The zero-order chi connectivity index (χ0) is 28.3. The van der Waals surface area contributed by atoms with Gasteiger partial charge in [-0.15, -0.1) is 0 Å². The molecule has 1 aliphatic rings. The van der Waals surface area contributed by atoms with Crippen molar-refractivity contribution in [1.29, 1.82) is 0 Å². The fourth-order valence-electron chi connectivity index (χ4n) is 5.02. The Morgan fingerprint density at radius 3 is 1.95 bits per heavy atom. The Labute approximate surface area is 228 Å². The first kappa shape index (κ1) is 28.6. The van der Waals surface area contributed by atoms with Gasteiger partial charge < -0.3 is 14.1 Å². The van der Waals surface area contributed by atoms with E-state index in [-0.39, 0.29) is 18.7 Å². The van der Waals surface area contributed by atoms with Gasteiger partial charge in [-0.25, -0.2) is 18.0 Å². The van der Waals surface area contributed by atoms with Gasteiger partial charge in [0.15, 0.2) is 17.5 Å². The topological polar surface area (TPSA) is 55.8 Å². The molecule has 3 aromatic carbocycles. The lowest BCUT2D eigenvalue weighted by atomic mass is 9.73. The van der Waals surface area contributed by atoms with E-state index in [1.54, 1.807) is 6.92 Å². The van der Waals surface area contributed by atoms with Gasteiger partial charge in [0, 0.05) is 12.5 Å². The molecule has 3 atom stereocenters. The average molecular weight is 556 g/mol. The lowest BCUT2D eigenvalue weighted by Gasteiger charge is -2.45. The van der Waals surface area contributed by atoms with Crippen molar-refractivity contribution in [3.05, 3.63) is 95.8 Å². The van der Waals surface area contributed by atoms with E-state index in [9.17, 15) is 22.8 Å². The minimum Gasteiger partial charge on any atom is -0.454 e. The van der Waals surface area contributed by atoms with Gasteiger partial charge in [0.05, 0.1) is 12.6 Å². The molecule has 3 aromatic rings. The molecule has 9 heteroatoms. The second-order valence-corrected chi connectivity index (χ2v) is 13.4. The van der Waals surface area contributed by atoms with Gasteiger partial charge >= 0.3 is 11.9 Å². The number of amides is 1. The molecule has 1 amide bonds. The Morgan fingerprint density at radius 1 is 0.949 bits per heavy atom. The van der Waals surface area contributed by atoms with Crippen LogP contribution in [0.3, 0.4) is 0 Å². The first-order valence-corrected chi connectivity index (χ1v) is 14.5. The molecule has 0 bridgehead atoms. The van der Waals surface area contributed by atoms with Crippen LogP contribution in [0.1, 0.15) is 39.3 Å². The summed E-state index contributed by atoms with van der Waals surface area (Å²) in [6.45, 7) is 7.56. The first-order chi connectivity index (χ1) is 18.5. The number of halogens is 3. The molecule has 0 N–H and O–H groups in total. The van der Waals surface area contributed by atoms with E-state index in [1.807, 2.05) is 81.4 Å². The summed E-state index contributed by atoms with van der Waals surface area (Å²) >= 11 is 0. The number of carbonyl (C=O) groups excluding carboxylic acids is 2. The number of esters is 1. The Hall–Kier alpha value is -3.43. The summed E-state index contributed by atoms with van der Waals surface area (Å²) in [5.74, 6) is -6.84. The van der Waals surface area contributed by atoms with Crippen LogP contribution in [-0.4, -0.2) is 45.1 Å². The molecule has 0 aliphatic carbocycles. The van der Waals surface area contributed by atoms with E-state index in [4.69, 9.17) is 9.16 Å². The lowest BCUT2D eigenvalue weighted by molar-refractivity contribution is -0.175. The van der Waals surface area contributed by atoms with Gasteiger partial charge in [-0.2, -0.15) is 0 Å². The highest BCUT2D eigenvalue weighted by Crippen LogP contribution is 2.42. The van der Waals surface area contributed by atoms with Crippen LogP contribution < -0.4 is 10.4 Å². The Bertz CT molecular complexity index is 1250. The fourth-order valence-corrected chi connectivity index (χ4v) is 7.33. The quantitative estimate of drug-likeness (QED) is 0.182. The van der Waals surface area contributed by atoms with Crippen LogP contribution in [0.15, 0.2) is 72.8 Å². The zero-order valence-corrected chi connectivity index (χ0v) is 23.5. The Morgan fingerprint density at radius 2 is 1.46 bits per heavy atom. The molecular weight excluding hydrogens is 523 g/mol. The molecule has 0 radical (unpaired) electrons. The normalized spacial score (nSPS) is 17.7. The summed E-state index contributed by atoms with van der Waals surface area (Å²) in [7, 11) is -2.23.